The van der Waals surface area contributed by atoms with Crippen LogP contribution in [0.15, 0.2) is 24.5 Å². The van der Waals surface area contributed by atoms with Gasteiger partial charge in [0.25, 0.3) is 0 Å². The van der Waals surface area contributed by atoms with Crippen LogP contribution in [-0.4, -0.2) is 70.0 Å². The molecule has 3 amide bonds. The van der Waals surface area contributed by atoms with Crippen molar-refractivity contribution in [2.24, 2.45) is 0 Å². The maximum atomic E-state index is 12.1. The molecule has 1 atom stereocenters. The largest absolute Gasteiger partial charge is 0.490 e. The number of rotatable bonds is 3. The van der Waals surface area contributed by atoms with Crippen LogP contribution in [0.2, 0.25) is 0 Å². The third-order valence-corrected chi connectivity index (χ3v) is 5.27. The maximum Gasteiger partial charge on any atom is 0.490 e. The number of nitrogens with zero attached hydrogens (tertiary/aromatic N) is 2. The van der Waals surface area contributed by atoms with Gasteiger partial charge in [0.1, 0.15) is 0 Å². The lowest BCUT2D eigenvalue weighted by molar-refractivity contribution is -0.192. The maximum absolute atomic E-state index is 12.1. The number of amides is 3. The molecule has 0 bridgehead atoms. The third kappa shape index (κ3) is 6.40. The van der Waals surface area contributed by atoms with Crippen LogP contribution in [0.1, 0.15) is 37.7 Å². The minimum Gasteiger partial charge on any atom is -0.475 e. The number of alkyl halides is 3. The van der Waals surface area contributed by atoms with Gasteiger partial charge in [0.15, 0.2) is 0 Å². The second kappa shape index (κ2) is 9.75. The van der Waals surface area contributed by atoms with Crippen molar-refractivity contribution in [1.82, 2.24) is 20.5 Å². The Hall–Kier alpha value is -3.18. The lowest BCUT2D eigenvalue weighted by Gasteiger charge is -2.42. The number of piperidine rings is 1. The number of hydrogen-bond donors (Lipinski definition) is 3. The van der Waals surface area contributed by atoms with Crippen molar-refractivity contribution in [3.63, 3.8) is 0 Å². The van der Waals surface area contributed by atoms with Gasteiger partial charge >= 0.3 is 12.1 Å². The fourth-order valence-electron chi connectivity index (χ4n) is 3.76. The third-order valence-electron chi connectivity index (χ3n) is 5.27. The predicted octanol–water partition coefficient (Wildman–Crippen LogP) is 0.816. The van der Waals surface area contributed by atoms with Gasteiger partial charge in [-0.25, -0.2) is 4.79 Å². The van der Waals surface area contributed by atoms with E-state index in [1.807, 2.05) is 18.3 Å². The molecule has 0 aliphatic carbocycles. The first kappa shape index (κ1) is 24.1. The number of carboxylic acids is 1. The summed E-state index contributed by atoms with van der Waals surface area (Å²) in [5.41, 5.74) is 0.763. The summed E-state index contributed by atoms with van der Waals surface area (Å²) in [5.74, 6) is -2.90. The number of carbonyl (C=O) groups excluding carboxylic acids is 3. The van der Waals surface area contributed by atoms with Gasteiger partial charge in [-0.1, -0.05) is 6.07 Å². The SMILES string of the molecule is CC(=O)NCC(=O)N1CCC2(CC1)NC(=O)CC2c1cccnc1.O=C(O)C(F)(F)F. The van der Waals surface area contributed by atoms with Crippen LogP contribution < -0.4 is 10.6 Å². The second-order valence-corrected chi connectivity index (χ2v) is 7.34. The van der Waals surface area contributed by atoms with Crippen LogP contribution in [0.5, 0.6) is 0 Å². The van der Waals surface area contributed by atoms with Crippen molar-refractivity contribution >= 4 is 23.7 Å². The molecule has 1 unspecified atom stereocenters. The van der Waals surface area contributed by atoms with Crippen LogP contribution in [0.4, 0.5) is 13.2 Å². The minimum absolute atomic E-state index is 0.0285. The molecular weight excluding hydrogens is 421 g/mol. The lowest BCUT2D eigenvalue weighted by Crippen LogP contribution is -2.55. The number of aliphatic carboxylic acids is 1. The van der Waals surface area contributed by atoms with Gasteiger partial charge in [0.2, 0.25) is 17.7 Å². The Morgan fingerprint density at radius 1 is 1.32 bits per heavy atom. The summed E-state index contributed by atoms with van der Waals surface area (Å²) >= 11 is 0. The van der Waals surface area contributed by atoms with Crippen molar-refractivity contribution in [3.05, 3.63) is 30.1 Å². The van der Waals surface area contributed by atoms with Gasteiger partial charge in [-0.15, -0.1) is 0 Å². The van der Waals surface area contributed by atoms with E-state index < -0.39 is 12.1 Å². The number of pyridine rings is 1. The highest BCUT2D eigenvalue weighted by Crippen LogP contribution is 2.42. The van der Waals surface area contributed by atoms with E-state index in [1.54, 1.807) is 11.1 Å². The quantitative estimate of drug-likeness (QED) is 0.633. The smallest absolute Gasteiger partial charge is 0.475 e. The number of nitrogens with one attached hydrogen (secondary N) is 2. The number of aromatic nitrogens is 1. The Bertz CT molecular complexity index is 824. The highest BCUT2D eigenvalue weighted by Gasteiger charge is 2.49. The lowest BCUT2D eigenvalue weighted by atomic mass is 9.75. The summed E-state index contributed by atoms with van der Waals surface area (Å²) in [7, 11) is 0. The molecule has 0 radical (unpaired) electrons. The van der Waals surface area contributed by atoms with E-state index in [-0.39, 0.29) is 35.7 Å². The Morgan fingerprint density at radius 3 is 2.42 bits per heavy atom. The van der Waals surface area contributed by atoms with Crippen LogP contribution >= 0.6 is 0 Å². The zero-order chi connectivity index (χ0) is 23.2. The predicted molar refractivity (Wildman–Crippen MR) is 101 cm³/mol. The fourth-order valence-corrected chi connectivity index (χ4v) is 3.76. The van der Waals surface area contributed by atoms with Gasteiger partial charge in [-0.05, 0) is 24.5 Å². The van der Waals surface area contributed by atoms with E-state index in [0.29, 0.717) is 32.4 Å². The molecule has 3 N–H and O–H groups in total. The molecule has 1 aromatic heterocycles. The van der Waals surface area contributed by atoms with E-state index in [4.69, 9.17) is 9.90 Å². The van der Waals surface area contributed by atoms with E-state index in [0.717, 1.165) is 5.56 Å². The molecule has 0 aromatic carbocycles. The van der Waals surface area contributed by atoms with Gasteiger partial charge in [0, 0.05) is 44.7 Å². The van der Waals surface area contributed by atoms with E-state index in [2.05, 4.69) is 15.6 Å². The highest BCUT2D eigenvalue weighted by molar-refractivity contribution is 5.84. The summed E-state index contributed by atoms with van der Waals surface area (Å²) in [6, 6.07) is 3.89. The fraction of sp³-hybridized carbons (Fsp3) is 0.526. The van der Waals surface area contributed by atoms with Crippen molar-refractivity contribution in [1.29, 1.82) is 0 Å². The van der Waals surface area contributed by atoms with E-state index in [9.17, 15) is 27.6 Å². The van der Waals surface area contributed by atoms with Gasteiger partial charge in [0.05, 0.1) is 12.1 Å². The first-order chi connectivity index (χ1) is 14.4. The van der Waals surface area contributed by atoms with Gasteiger partial charge in [-0.3, -0.25) is 19.4 Å². The highest BCUT2D eigenvalue weighted by atomic mass is 19.4. The Morgan fingerprint density at radius 2 is 1.94 bits per heavy atom. The normalized spacial score (nSPS) is 19.8. The molecule has 1 aromatic rings. The monoisotopic (exact) mass is 444 g/mol. The van der Waals surface area contributed by atoms with Crippen molar-refractivity contribution in [2.45, 2.75) is 43.8 Å². The standard InChI is InChI=1S/C17H22N4O3.C2HF3O2/c1-12(22)19-11-16(24)21-7-4-17(5-8-21)14(9-15(23)20-17)13-3-2-6-18-10-13;3-2(4,5)1(6)7/h2-3,6,10,14H,4-5,7-9,11H2,1H3,(H,19,22)(H,20,23);(H,6,7). The number of carboxylic acid groups (broad SMARTS) is 1. The summed E-state index contributed by atoms with van der Waals surface area (Å²) in [4.78, 5) is 49.9. The zero-order valence-corrected chi connectivity index (χ0v) is 16.7. The number of halogens is 3. The summed E-state index contributed by atoms with van der Waals surface area (Å²) in [6.45, 7) is 2.58. The van der Waals surface area contributed by atoms with Crippen LogP contribution in [0.3, 0.4) is 0 Å². The molecule has 9 nitrogen and oxygen atoms in total. The summed E-state index contributed by atoms with van der Waals surface area (Å²) < 4.78 is 31.7. The average molecular weight is 444 g/mol. The topological polar surface area (TPSA) is 129 Å². The first-order valence-electron chi connectivity index (χ1n) is 9.48. The molecule has 3 heterocycles. The Balaban J connectivity index is 0.000000423. The number of likely N-dealkylation sites (tertiary alicyclic amines) is 1. The molecule has 3 rings (SSSR count). The molecule has 2 aliphatic rings. The van der Waals surface area contributed by atoms with Crippen LogP contribution in [-0.2, 0) is 19.2 Å². The molecule has 2 saturated heterocycles. The molecule has 31 heavy (non-hydrogen) atoms. The molecule has 2 aliphatic heterocycles. The molecule has 170 valence electrons. The van der Waals surface area contributed by atoms with Gasteiger partial charge in [-0.2, -0.15) is 13.2 Å². The van der Waals surface area contributed by atoms with Crippen LogP contribution in [0, 0.1) is 0 Å². The number of carbonyl (C=O) groups is 4. The minimum atomic E-state index is -5.08. The molecule has 2 fully saturated rings. The summed E-state index contributed by atoms with van der Waals surface area (Å²) in [5, 5.41) is 12.8. The second-order valence-electron chi connectivity index (χ2n) is 7.34. The van der Waals surface area contributed by atoms with Crippen molar-refractivity contribution in [3.8, 4) is 0 Å². The zero-order valence-electron chi connectivity index (χ0n) is 16.7. The molecule has 1 spiro atoms. The first-order valence-corrected chi connectivity index (χ1v) is 9.48. The molecule has 0 saturated carbocycles. The molecule has 12 heteroatoms. The van der Waals surface area contributed by atoms with Crippen LogP contribution in [0.25, 0.3) is 0 Å². The van der Waals surface area contributed by atoms with Crippen molar-refractivity contribution in [2.75, 3.05) is 19.6 Å². The Kier molecular flexibility index (Phi) is 7.58. The summed E-state index contributed by atoms with van der Waals surface area (Å²) in [6.07, 6.45) is 0.352. The molecular formula is C19H23F3N4O5. The average Bonchev–Trinajstić information content (AvgIpc) is 3.02. The number of hydrogen-bond acceptors (Lipinski definition) is 5. The van der Waals surface area contributed by atoms with Crippen molar-refractivity contribution < 1.29 is 37.5 Å². The van der Waals surface area contributed by atoms with E-state index >= 15 is 0 Å². The van der Waals surface area contributed by atoms with Gasteiger partial charge < -0.3 is 20.6 Å². The van der Waals surface area contributed by atoms with E-state index in [1.165, 1.54) is 6.92 Å². The Labute approximate surface area is 176 Å².